The maximum Gasteiger partial charge on any atom is 0.260 e. The highest BCUT2D eigenvalue weighted by molar-refractivity contribution is 6.03. The van der Waals surface area contributed by atoms with E-state index in [4.69, 9.17) is 0 Å². The van der Waals surface area contributed by atoms with Crippen molar-refractivity contribution in [3.63, 3.8) is 0 Å². The first-order chi connectivity index (χ1) is 15.6. The molecule has 2 aromatic heterocycles. The van der Waals surface area contributed by atoms with E-state index in [-0.39, 0.29) is 23.0 Å². The third-order valence-corrected chi connectivity index (χ3v) is 6.42. The Labute approximate surface area is 186 Å². The lowest BCUT2D eigenvalue weighted by atomic mass is 9.89. The number of nitrogens with one attached hydrogen (secondary N) is 1. The summed E-state index contributed by atoms with van der Waals surface area (Å²) in [6.45, 7) is 1.62. The molecule has 3 aromatic rings. The normalized spacial score (nSPS) is 16.2. The minimum absolute atomic E-state index is 0.119. The maximum atomic E-state index is 13.4. The average Bonchev–Trinajstić information content (AvgIpc) is 3.41. The van der Waals surface area contributed by atoms with Gasteiger partial charge in [0.25, 0.3) is 5.91 Å². The van der Waals surface area contributed by atoms with E-state index in [0.29, 0.717) is 24.7 Å². The predicted molar refractivity (Wildman–Crippen MR) is 120 cm³/mol. The molecule has 1 aromatic carbocycles. The van der Waals surface area contributed by atoms with E-state index >= 15 is 0 Å². The number of pyridine rings is 1. The van der Waals surface area contributed by atoms with E-state index < -0.39 is 0 Å². The molecule has 8 heteroatoms. The molecule has 1 aliphatic carbocycles. The molecule has 0 saturated heterocycles. The summed E-state index contributed by atoms with van der Waals surface area (Å²) < 4.78 is 1.90. The molecule has 3 N–H and O–H groups in total. The minimum atomic E-state index is -0.318. The Bertz CT molecular complexity index is 1110. The summed E-state index contributed by atoms with van der Waals surface area (Å²) in [6.07, 6.45) is 9.62. The molecule has 3 heterocycles. The second-order valence-electron chi connectivity index (χ2n) is 8.69. The first kappa shape index (κ1) is 20.4. The summed E-state index contributed by atoms with van der Waals surface area (Å²) in [5.74, 6) is 0.604. The van der Waals surface area contributed by atoms with Crippen LogP contribution in [0.5, 0.6) is 11.5 Å². The Hall–Kier alpha value is -3.55. The zero-order chi connectivity index (χ0) is 22.1. The molecule has 0 bridgehead atoms. The zero-order valence-corrected chi connectivity index (χ0v) is 17.9. The summed E-state index contributed by atoms with van der Waals surface area (Å²) in [5, 5.41) is 28.4. The summed E-state index contributed by atoms with van der Waals surface area (Å²) >= 11 is 0. The van der Waals surface area contributed by atoms with E-state index in [1.54, 1.807) is 17.3 Å². The van der Waals surface area contributed by atoms with E-state index in [2.05, 4.69) is 15.4 Å². The molecule has 0 unspecified atom stereocenters. The number of nitrogens with zero attached hydrogens (tertiary/aromatic N) is 4. The fourth-order valence-corrected chi connectivity index (χ4v) is 4.77. The molecule has 1 saturated carbocycles. The van der Waals surface area contributed by atoms with Crippen LogP contribution in [0.1, 0.15) is 53.7 Å². The topological polar surface area (TPSA) is 104 Å². The Balaban J connectivity index is 1.41. The maximum absolute atomic E-state index is 13.4. The van der Waals surface area contributed by atoms with Crippen LogP contribution in [-0.2, 0) is 19.6 Å². The van der Waals surface area contributed by atoms with Crippen molar-refractivity contribution in [3.8, 4) is 11.5 Å². The predicted octanol–water partition coefficient (Wildman–Crippen LogP) is 4.17. The minimum Gasteiger partial charge on any atom is -0.508 e. The number of anilines is 2. The van der Waals surface area contributed by atoms with Gasteiger partial charge >= 0.3 is 0 Å². The third kappa shape index (κ3) is 4.00. The molecule has 166 valence electrons. The molecule has 2 aliphatic rings. The summed E-state index contributed by atoms with van der Waals surface area (Å²) in [5.41, 5.74) is 2.33. The van der Waals surface area contributed by atoms with Gasteiger partial charge in [0.2, 0.25) is 0 Å². The van der Waals surface area contributed by atoms with Gasteiger partial charge in [-0.05, 0) is 30.4 Å². The lowest BCUT2D eigenvalue weighted by Crippen LogP contribution is -2.26. The lowest BCUT2D eigenvalue weighted by molar-refractivity contribution is 0.0748. The molecule has 5 rings (SSSR count). The molecule has 0 radical (unpaired) electrons. The van der Waals surface area contributed by atoms with Gasteiger partial charge in [-0.15, -0.1) is 0 Å². The Morgan fingerprint density at radius 2 is 1.94 bits per heavy atom. The van der Waals surface area contributed by atoms with Crippen LogP contribution in [-0.4, -0.2) is 35.8 Å². The van der Waals surface area contributed by atoms with Gasteiger partial charge in [-0.1, -0.05) is 25.3 Å². The summed E-state index contributed by atoms with van der Waals surface area (Å²) in [4.78, 5) is 19.4. The number of rotatable bonds is 5. The van der Waals surface area contributed by atoms with Crippen LogP contribution >= 0.6 is 0 Å². The Morgan fingerprint density at radius 3 is 2.75 bits per heavy atom. The van der Waals surface area contributed by atoms with Crippen molar-refractivity contribution < 1.29 is 15.0 Å². The van der Waals surface area contributed by atoms with E-state index in [1.165, 1.54) is 44.2 Å². The van der Waals surface area contributed by atoms with Gasteiger partial charge in [0.15, 0.2) is 0 Å². The molecule has 1 aliphatic heterocycles. The van der Waals surface area contributed by atoms with Crippen molar-refractivity contribution in [2.24, 2.45) is 5.92 Å². The number of carbonyl (C=O) groups is 1. The Morgan fingerprint density at radius 1 is 1.09 bits per heavy atom. The number of aromatic hydroxyl groups is 2. The van der Waals surface area contributed by atoms with Crippen molar-refractivity contribution in [3.05, 3.63) is 59.5 Å². The van der Waals surface area contributed by atoms with Crippen LogP contribution in [0.2, 0.25) is 0 Å². The number of phenols is 2. The van der Waals surface area contributed by atoms with Gasteiger partial charge in [-0.3, -0.25) is 9.78 Å². The highest BCUT2D eigenvalue weighted by atomic mass is 16.3. The number of phenolic OH excluding ortho intramolecular Hbond substituents is 2. The van der Waals surface area contributed by atoms with E-state index in [9.17, 15) is 15.0 Å². The first-order valence-corrected chi connectivity index (χ1v) is 11.2. The number of benzene rings is 1. The monoisotopic (exact) mass is 433 g/mol. The van der Waals surface area contributed by atoms with Crippen molar-refractivity contribution in [2.45, 2.75) is 51.7 Å². The van der Waals surface area contributed by atoms with E-state index in [1.807, 2.05) is 22.9 Å². The zero-order valence-electron chi connectivity index (χ0n) is 17.9. The second kappa shape index (κ2) is 8.53. The van der Waals surface area contributed by atoms with Crippen LogP contribution in [0.25, 0.3) is 0 Å². The Kier molecular flexibility index (Phi) is 5.43. The molecule has 1 fully saturated rings. The molecular weight excluding hydrogens is 406 g/mol. The van der Waals surface area contributed by atoms with Crippen molar-refractivity contribution in [1.82, 2.24) is 19.7 Å². The van der Waals surface area contributed by atoms with Gasteiger partial charge in [0, 0.05) is 37.5 Å². The standard InChI is InChI=1S/C24H27N5O3/c30-18-11-19(27-22-8-10-26-29(22)13-16-5-2-1-3-6-16)23(21(31)12-18)24(32)28-14-17-7-4-9-25-20(17)15-28/h4,7-12,16,27,30-31H,1-3,5-6,13-15H2. The quantitative estimate of drug-likeness (QED) is 0.558. The third-order valence-electron chi connectivity index (χ3n) is 6.42. The van der Waals surface area contributed by atoms with Gasteiger partial charge in [-0.2, -0.15) is 5.10 Å². The number of fused-ring (bicyclic) bond motifs is 1. The van der Waals surface area contributed by atoms with Crippen LogP contribution in [0.3, 0.4) is 0 Å². The SMILES string of the molecule is O=C(c1c(O)cc(O)cc1Nc1ccnn1CC1CCCCC1)N1Cc2cccnc2C1. The summed E-state index contributed by atoms with van der Waals surface area (Å²) in [6, 6.07) is 8.31. The molecule has 0 atom stereocenters. The molecule has 32 heavy (non-hydrogen) atoms. The largest absolute Gasteiger partial charge is 0.508 e. The fourth-order valence-electron chi connectivity index (χ4n) is 4.77. The van der Waals surface area contributed by atoms with E-state index in [0.717, 1.165) is 23.6 Å². The second-order valence-corrected chi connectivity index (χ2v) is 8.69. The van der Waals surface area contributed by atoms with Crippen LogP contribution in [0.15, 0.2) is 42.7 Å². The molecular formula is C24H27N5O3. The highest BCUT2D eigenvalue weighted by Gasteiger charge is 2.29. The number of hydrogen-bond donors (Lipinski definition) is 3. The lowest BCUT2D eigenvalue weighted by Gasteiger charge is -2.23. The number of hydrogen-bond acceptors (Lipinski definition) is 6. The van der Waals surface area contributed by atoms with Crippen molar-refractivity contribution in [2.75, 3.05) is 5.32 Å². The van der Waals surface area contributed by atoms with Gasteiger partial charge in [0.1, 0.15) is 22.9 Å². The first-order valence-electron chi connectivity index (χ1n) is 11.2. The number of amides is 1. The van der Waals surface area contributed by atoms with Gasteiger partial charge < -0.3 is 20.4 Å². The van der Waals surface area contributed by atoms with Crippen molar-refractivity contribution >= 4 is 17.4 Å². The van der Waals surface area contributed by atoms with Crippen LogP contribution in [0, 0.1) is 5.92 Å². The average molecular weight is 434 g/mol. The smallest absolute Gasteiger partial charge is 0.260 e. The van der Waals surface area contributed by atoms with Crippen LogP contribution < -0.4 is 5.32 Å². The molecule has 8 nitrogen and oxygen atoms in total. The number of carbonyl (C=O) groups excluding carboxylic acids is 1. The van der Waals surface area contributed by atoms with Gasteiger partial charge in [0.05, 0.1) is 24.1 Å². The number of aromatic nitrogens is 3. The molecule has 0 spiro atoms. The molecule has 1 amide bonds. The van der Waals surface area contributed by atoms with Gasteiger partial charge in [-0.25, -0.2) is 4.68 Å². The highest BCUT2D eigenvalue weighted by Crippen LogP contribution is 2.36. The van der Waals surface area contributed by atoms with Crippen molar-refractivity contribution in [1.29, 1.82) is 0 Å². The summed E-state index contributed by atoms with van der Waals surface area (Å²) in [7, 11) is 0. The fraction of sp³-hybridized carbons (Fsp3) is 0.375. The van der Waals surface area contributed by atoms with Crippen LogP contribution in [0.4, 0.5) is 11.5 Å².